The molecule has 0 aromatic heterocycles. The molecule has 1 aliphatic rings. The lowest BCUT2D eigenvalue weighted by Crippen LogP contribution is -2.31. The predicted molar refractivity (Wildman–Crippen MR) is 79.1 cm³/mol. The predicted octanol–water partition coefficient (Wildman–Crippen LogP) is 2.34. The van der Waals surface area contributed by atoms with Crippen LogP contribution in [-0.2, 0) is 21.2 Å². The fourth-order valence-electron chi connectivity index (χ4n) is 2.37. The van der Waals surface area contributed by atoms with E-state index >= 15 is 0 Å². The second-order valence-electron chi connectivity index (χ2n) is 5.73. The van der Waals surface area contributed by atoms with Crippen molar-refractivity contribution in [3.63, 3.8) is 0 Å². The average Bonchev–Trinajstić information content (AvgIpc) is 2.89. The van der Waals surface area contributed by atoms with Gasteiger partial charge < -0.3 is 4.74 Å². The highest BCUT2D eigenvalue weighted by Gasteiger charge is 2.20. The molecular formula is C15H23NO3S. The van der Waals surface area contributed by atoms with Crippen LogP contribution >= 0.6 is 0 Å². The number of ether oxygens (including phenoxy) is 1. The summed E-state index contributed by atoms with van der Waals surface area (Å²) in [5.74, 6) is 0.565. The highest BCUT2D eigenvalue weighted by molar-refractivity contribution is 7.89. The third-order valence-electron chi connectivity index (χ3n) is 3.40. The molecule has 0 spiro atoms. The van der Waals surface area contributed by atoms with Gasteiger partial charge in [0.2, 0.25) is 10.0 Å². The quantitative estimate of drug-likeness (QED) is 0.877. The molecule has 20 heavy (non-hydrogen) atoms. The van der Waals surface area contributed by atoms with Gasteiger partial charge in [-0.2, -0.15) is 0 Å². The Morgan fingerprint density at radius 1 is 1.30 bits per heavy atom. The number of nitrogens with one attached hydrogen (secondary N) is 1. The van der Waals surface area contributed by atoms with E-state index in [1.807, 2.05) is 12.1 Å². The molecule has 1 fully saturated rings. The molecule has 0 saturated carbocycles. The third-order valence-corrected chi connectivity index (χ3v) is 4.84. The number of benzene rings is 1. The zero-order valence-corrected chi connectivity index (χ0v) is 12.9. The van der Waals surface area contributed by atoms with E-state index in [4.69, 9.17) is 4.74 Å². The van der Waals surface area contributed by atoms with E-state index in [1.165, 1.54) is 0 Å². The Hall–Kier alpha value is -0.910. The Bertz CT molecular complexity index is 517. The van der Waals surface area contributed by atoms with Crippen LogP contribution in [0.5, 0.6) is 0 Å². The molecule has 0 aliphatic carbocycles. The van der Waals surface area contributed by atoms with Gasteiger partial charge in [0.25, 0.3) is 0 Å². The number of hydrogen-bond donors (Lipinski definition) is 1. The molecule has 112 valence electrons. The molecule has 5 heteroatoms. The molecule has 0 radical (unpaired) electrons. The lowest BCUT2D eigenvalue weighted by atomic mass is 10.0. The Labute approximate surface area is 121 Å². The van der Waals surface area contributed by atoms with Crippen molar-refractivity contribution in [3.8, 4) is 0 Å². The van der Waals surface area contributed by atoms with Crippen LogP contribution in [-0.4, -0.2) is 27.7 Å². The van der Waals surface area contributed by atoms with Crippen molar-refractivity contribution in [3.05, 3.63) is 29.8 Å². The molecule has 0 bridgehead atoms. The Morgan fingerprint density at radius 3 is 2.55 bits per heavy atom. The van der Waals surface area contributed by atoms with Gasteiger partial charge >= 0.3 is 0 Å². The fourth-order valence-corrected chi connectivity index (χ4v) is 3.43. The first-order valence-corrected chi connectivity index (χ1v) is 8.66. The molecule has 1 N–H and O–H groups in total. The van der Waals surface area contributed by atoms with Gasteiger partial charge in [-0.1, -0.05) is 26.0 Å². The van der Waals surface area contributed by atoms with Crippen molar-refractivity contribution in [1.82, 2.24) is 4.72 Å². The summed E-state index contributed by atoms with van der Waals surface area (Å²) in [6.45, 7) is 5.38. The summed E-state index contributed by atoms with van der Waals surface area (Å²) in [6, 6.07) is 7.13. The zero-order valence-electron chi connectivity index (χ0n) is 12.1. The summed E-state index contributed by atoms with van der Waals surface area (Å²) in [6.07, 6.45) is 2.92. The molecule has 1 atom stereocenters. The van der Waals surface area contributed by atoms with E-state index in [0.717, 1.165) is 31.4 Å². The Morgan fingerprint density at radius 2 is 2.00 bits per heavy atom. The van der Waals surface area contributed by atoms with Gasteiger partial charge in [-0.15, -0.1) is 0 Å². The van der Waals surface area contributed by atoms with E-state index in [9.17, 15) is 8.42 Å². The third kappa shape index (κ3) is 4.30. The lowest BCUT2D eigenvalue weighted by molar-refractivity contribution is 0.114. The number of sulfonamides is 1. The number of rotatable bonds is 6. The van der Waals surface area contributed by atoms with Gasteiger partial charge in [0.1, 0.15) is 0 Å². The maximum atomic E-state index is 12.2. The monoisotopic (exact) mass is 297 g/mol. The largest absolute Gasteiger partial charge is 0.377 e. The van der Waals surface area contributed by atoms with Gasteiger partial charge in [-0.3, -0.25) is 0 Å². The molecule has 0 unspecified atom stereocenters. The molecule has 1 saturated heterocycles. The van der Waals surface area contributed by atoms with E-state index in [-0.39, 0.29) is 6.10 Å². The SMILES string of the molecule is CC(C)Cc1ccc(S(=O)(=O)NC[C@H]2CCCO2)cc1. The highest BCUT2D eigenvalue weighted by atomic mass is 32.2. The van der Waals surface area contributed by atoms with Crippen molar-refractivity contribution in [2.24, 2.45) is 5.92 Å². The van der Waals surface area contributed by atoms with E-state index in [0.29, 0.717) is 17.4 Å². The van der Waals surface area contributed by atoms with Gasteiger partial charge in [-0.05, 0) is 42.9 Å². The number of hydrogen-bond acceptors (Lipinski definition) is 3. The highest BCUT2D eigenvalue weighted by Crippen LogP contribution is 2.15. The zero-order chi connectivity index (χ0) is 14.6. The molecule has 1 heterocycles. The normalized spacial score (nSPS) is 19.6. The van der Waals surface area contributed by atoms with Gasteiger partial charge in [-0.25, -0.2) is 13.1 Å². The summed E-state index contributed by atoms with van der Waals surface area (Å²) < 4.78 is 32.4. The minimum absolute atomic E-state index is 0.0185. The summed E-state index contributed by atoms with van der Waals surface area (Å²) in [5.41, 5.74) is 1.16. The van der Waals surface area contributed by atoms with Crippen molar-refractivity contribution in [2.45, 2.75) is 44.1 Å². The summed E-state index contributed by atoms with van der Waals surface area (Å²) in [7, 11) is -3.42. The van der Waals surface area contributed by atoms with E-state index in [1.54, 1.807) is 12.1 Å². The summed E-state index contributed by atoms with van der Waals surface area (Å²) in [4.78, 5) is 0.322. The summed E-state index contributed by atoms with van der Waals surface area (Å²) >= 11 is 0. The standard InChI is InChI=1S/C15H23NO3S/c1-12(2)10-13-5-7-15(8-6-13)20(17,18)16-11-14-4-3-9-19-14/h5-8,12,14,16H,3-4,9-11H2,1-2H3/t14-/m1/s1. The van der Waals surface area contributed by atoms with E-state index < -0.39 is 10.0 Å². The van der Waals surface area contributed by atoms with Crippen molar-refractivity contribution in [2.75, 3.05) is 13.2 Å². The van der Waals surface area contributed by atoms with Crippen molar-refractivity contribution in [1.29, 1.82) is 0 Å². The Kier molecular flexibility index (Phi) is 5.18. The van der Waals surface area contributed by atoms with Crippen LogP contribution in [0.2, 0.25) is 0 Å². The molecule has 2 rings (SSSR count). The van der Waals surface area contributed by atoms with Crippen LogP contribution in [0.15, 0.2) is 29.2 Å². The summed E-state index contributed by atoms with van der Waals surface area (Å²) in [5, 5.41) is 0. The van der Waals surface area contributed by atoms with Crippen LogP contribution < -0.4 is 4.72 Å². The molecule has 1 aromatic rings. The van der Waals surface area contributed by atoms with Crippen LogP contribution in [0, 0.1) is 5.92 Å². The fraction of sp³-hybridized carbons (Fsp3) is 0.600. The Balaban J connectivity index is 1.97. The van der Waals surface area contributed by atoms with Gasteiger partial charge in [0, 0.05) is 13.2 Å². The average molecular weight is 297 g/mol. The molecular weight excluding hydrogens is 274 g/mol. The molecule has 0 amide bonds. The maximum absolute atomic E-state index is 12.2. The molecule has 1 aliphatic heterocycles. The first-order chi connectivity index (χ1) is 9.47. The second-order valence-corrected chi connectivity index (χ2v) is 7.50. The molecule has 4 nitrogen and oxygen atoms in total. The first kappa shape index (κ1) is 15.5. The van der Waals surface area contributed by atoms with Gasteiger partial charge in [0.15, 0.2) is 0 Å². The minimum atomic E-state index is -3.42. The second kappa shape index (κ2) is 6.70. The minimum Gasteiger partial charge on any atom is -0.377 e. The van der Waals surface area contributed by atoms with Crippen molar-refractivity contribution >= 4 is 10.0 Å². The van der Waals surface area contributed by atoms with Gasteiger partial charge in [0.05, 0.1) is 11.0 Å². The lowest BCUT2D eigenvalue weighted by Gasteiger charge is -2.12. The first-order valence-electron chi connectivity index (χ1n) is 7.17. The van der Waals surface area contributed by atoms with Crippen LogP contribution in [0.4, 0.5) is 0 Å². The van der Waals surface area contributed by atoms with Crippen LogP contribution in [0.3, 0.4) is 0 Å². The topological polar surface area (TPSA) is 55.4 Å². The van der Waals surface area contributed by atoms with Crippen LogP contribution in [0.1, 0.15) is 32.3 Å². The maximum Gasteiger partial charge on any atom is 0.240 e. The van der Waals surface area contributed by atoms with Crippen molar-refractivity contribution < 1.29 is 13.2 Å². The smallest absolute Gasteiger partial charge is 0.240 e. The van der Waals surface area contributed by atoms with Crippen LogP contribution in [0.25, 0.3) is 0 Å². The molecule has 1 aromatic carbocycles. The van der Waals surface area contributed by atoms with E-state index in [2.05, 4.69) is 18.6 Å².